The first-order valence-corrected chi connectivity index (χ1v) is 8.47. The van der Waals surface area contributed by atoms with Gasteiger partial charge in [-0.25, -0.2) is 0 Å². The lowest BCUT2D eigenvalue weighted by atomic mass is 10.1. The third kappa shape index (κ3) is 3.87. The van der Waals surface area contributed by atoms with Crippen molar-refractivity contribution >= 4 is 17.6 Å². The fourth-order valence-corrected chi connectivity index (χ4v) is 3.44. The number of esters is 1. The molecule has 0 aromatic heterocycles. The van der Waals surface area contributed by atoms with E-state index in [1.807, 2.05) is 29.2 Å². The normalized spacial score (nSPS) is 22.3. The maximum atomic E-state index is 12.3. The molecule has 2 aliphatic rings. The highest BCUT2D eigenvalue weighted by Crippen LogP contribution is 2.33. The Balaban J connectivity index is 1.62. The first kappa shape index (κ1) is 16.8. The zero-order valence-corrected chi connectivity index (χ0v) is 14.0. The average Bonchev–Trinajstić information content (AvgIpc) is 3.21. The zero-order valence-electron chi connectivity index (χ0n) is 14.0. The van der Waals surface area contributed by atoms with Crippen LogP contribution in [-0.2, 0) is 25.5 Å². The van der Waals surface area contributed by atoms with Crippen molar-refractivity contribution in [2.24, 2.45) is 0 Å². The fraction of sp³-hybridized carbons (Fsp3) is 0.556. The van der Waals surface area contributed by atoms with Crippen LogP contribution in [0.5, 0.6) is 0 Å². The van der Waals surface area contributed by atoms with Crippen molar-refractivity contribution in [2.45, 2.75) is 37.8 Å². The van der Waals surface area contributed by atoms with E-state index >= 15 is 0 Å². The number of anilines is 1. The molecular formula is C18H24N2O4. The third-order valence-electron chi connectivity index (χ3n) is 4.69. The molecule has 1 aromatic carbocycles. The van der Waals surface area contributed by atoms with Gasteiger partial charge in [0.05, 0.1) is 26.2 Å². The molecule has 1 aromatic rings. The van der Waals surface area contributed by atoms with E-state index in [4.69, 9.17) is 9.47 Å². The van der Waals surface area contributed by atoms with Crippen LogP contribution in [0.3, 0.4) is 0 Å². The minimum Gasteiger partial charge on any atom is -0.469 e. The lowest BCUT2D eigenvalue weighted by molar-refractivity contribution is -0.141. The van der Waals surface area contributed by atoms with Crippen LogP contribution in [0, 0.1) is 0 Å². The molecule has 1 fully saturated rings. The van der Waals surface area contributed by atoms with Crippen LogP contribution in [0.25, 0.3) is 0 Å². The Morgan fingerprint density at radius 1 is 1.38 bits per heavy atom. The van der Waals surface area contributed by atoms with Crippen LogP contribution in [0.4, 0.5) is 5.69 Å². The molecule has 24 heavy (non-hydrogen) atoms. The molecule has 1 saturated heterocycles. The predicted octanol–water partition coefficient (Wildman–Crippen LogP) is 1.28. The van der Waals surface area contributed by atoms with Gasteiger partial charge >= 0.3 is 5.97 Å². The van der Waals surface area contributed by atoms with Gasteiger partial charge in [-0.3, -0.25) is 9.59 Å². The number of nitrogens with one attached hydrogen (secondary N) is 1. The topological polar surface area (TPSA) is 67.9 Å². The summed E-state index contributed by atoms with van der Waals surface area (Å²) in [6, 6.07) is 7.94. The van der Waals surface area contributed by atoms with Gasteiger partial charge < -0.3 is 19.7 Å². The molecule has 1 amide bonds. The standard InChI is InChI=1S/C18H24N2O4/c1-23-18(22)10-14-9-13-5-2-3-7-16(13)20(14)12-17(21)19-11-15-6-4-8-24-15/h2-3,5,7,14-15H,4,6,8-12H2,1H3,(H,19,21). The van der Waals surface area contributed by atoms with Gasteiger partial charge in [0.15, 0.2) is 0 Å². The van der Waals surface area contributed by atoms with Crippen molar-refractivity contribution in [3.05, 3.63) is 29.8 Å². The summed E-state index contributed by atoms with van der Waals surface area (Å²) in [7, 11) is 1.39. The van der Waals surface area contributed by atoms with Crippen LogP contribution >= 0.6 is 0 Å². The minimum absolute atomic E-state index is 0.0386. The maximum absolute atomic E-state index is 12.3. The van der Waals surface area contributed by atoms with Gasteiger partial charge in [-0.15, -0.1) is 0 Å². The second-order valence-corrected chi connectivity index (χ2v) is 6.33. The van der Waals surface area contributed by atoms with Crippen molar-refractivity contribution in [3.63, 3.8) is 0 Å². The Morgan fingerprint density at radius 3 is 2.96 bits per heavy atom. The summed E-state index contributed by atoms with van der Waals surface area (Å²) in [4.78, 5) is 26.0. The predicted molar refractivity (Wildman–Crippen MR) is 89.9 cm³/mol. The van der Waals surface area contributed by atoms with E-state index in [2.05, 4.69) is 5.32 Å². The average molecular weight is 332 g/mol. The highest BCUT2D eigenvalue weighted by molar-refractivity contribution is 5.83. The highest BCUT2D eigenvalue weighted by atomic mass is 16.5. The highest BCUT2D eigenvalue weighted by Gasteiger charge is 2.32. The molecule has 0 radical (unpaired) electrons. The number of benzene rings is 1. The SMILES string of the molecule is COC(=O)CC1Cc2ccccc2N1CC(=O)NCC1CCCO1. The van der Waals surface area contributed by atoms with Crippen molar-refractivity contribution in [2.75, 3.05) is 31.7 Å². The van der Waals surface area contributed by atoms with Gasteiger partial charge in [0.1, 0.15) is 0 Å². The number of rotatable bonds is 6. The number of nitrogens with zero attached hydrogens (tertiary/aromatic N) is 1. The number of ether oxygens (including phenoxy) is 2. The quantitative estimate of drug-likeness (QED) is 0.795. The molecule has 1 N–H and O–H groups in total. The lowest BCUT2D eigenvalue weighted by Crippen LogP contribution is -2.43. The van der Waals surface area contributed by atoms with Crippen LogP contribution in [-0.4, -0.2) is 50.8 Å². The van der Waals surface area contributed by atoms with Gasteiger partial charge in [0, 0.05) is 24.9 Å². The van der Waals surface area contributed by atoms with Crippen molar-refractivity contribution in [1.82, 2.24) is 5.32 Å². The molecule has 3 rings (SSSR count). The van der Waals surface area contributed by atoms with Crippen LogP contribution in [0.2, 0.25) is 0 Å². The molecule has 0 spiro atoms. The monoisotopic (exact) mass is 332 g/mol. The summed E-state index contributed by atoms with van der Waals surface area (Å²) in [6.07, 6.45) is 3.22. The molecule has 0 saturated carbocycles. The van der Waals surface area contributed by atoms with E-state index in [9.17, 15) is 9.59 Å². The maximum Gasteiger partial charge on any atom is 0.307 e. The summed E-state index contributed by atoms with van der Waals surface area (Å²) in [5.41, 5.74) is 2.19. The summed E-state index contributed by atoms with van der Waals surface area (Å²) < 4.78 is 10.3. The third-order valence-corrected chi connectivity index (χ3v) is 4.69. The first-order chi connectivity index (χ1) is 11.7. The molecule has 0 aliphatic carbocycles. The van der Waals surface area contributed by atoms with E-state index in [1.54, 1.807) is 0 Å². The number of carbonyl (C=O) groups excluding carboxylic acids is 2. The summed E-state index contributed by atoms with van der Waals surface area (Å²) in [5, 5.41) is 2.95. The molecule has 2 heterocycles. The van der Waals surface area contributed by atoms with E-state index in [0.717, 1.165) is 31.6 Å². The van der Waals surface area contributed by atoms with Crippen molar-refractivity contribution in [3.8, 4) is 0 Å². The van der Waals surface area contributed by atoms with E-state index in [-0.39, 0.29) is 37.0 Å². The van der Waals surface area contributed by atoms with E-state index in [1.165, 1.54) is 12.7 Å². The molecule has 2 aliphatic heterocycles. The Kier molecular flexibility index (Phi) is 5.35. The van der Waals surface area contributed by atoms with E-state index in [0.29, 0.717) is 6.54 Å². The number of para-hydroxylation sites is 1. The number of hydrogen-bond donors (Lipinski definition) is 1. The second kappa shape index (κ2) is 7.66. The first-order valence-electron chi connectivity index (χ1n) is 8.47. The summed E-state index contributed by atoms with van der Waals surface area (Å²) in [6.45, 7) is 1.57. The van der Waals surface area contributed by atoms with Crippen LogP contribution in [0.15, 0.2) is 24.3 Å². The molecule has 2 atom stereocenters. The Hall–Kier alpha value is -2.08. The van der Waals surface area contributed by atoms with Crippen molar-refractivity contribution in [1.29, 1.82) is 0 Å². The van der Waals surface area contributed by atoms with Gasteiger partial charge in [-0.1, -0.05) is 18.2 Å². The Bertz CT molecular complexity index is 598. The largest absolute Gasteiger partial charge is 0.469 e. The number of hydrogen-bond acceptors (Lipinski definition) is 5. The summed E-state index contributed by atoms with van der Waals surface area (Å²) in [5.74, 6) is -0.297. The number of methoxy groups -OCH3 is 1. The van der Waals surface area contributed by atoms with Gasteiger partial charge in [-0.05, 0) is 30.9 Å². The Morgan fingerprint density at radius 2 is 2.21 bits per heavy atom. The molecule has 6 nitrogen and oxygen atoms in total. The van der Waals surface area contributed by atoms with Crippen LogP contribution in [0.1, 0.15) is 24.8 Å². The fourth-order valence-electron chi connectivity index (χ4n) is 3.44. The number of carbonyl (C=O) groups is 2. The number of amides is 1. The summed E-state index contributed by atoms with van der Waals surface area (Å²) >= 11 is 0. The second-order valence-electron chi connectivity index (χ2n) is 6.33. The molecular weight excluding hydrogens is 308 g/mol. The van der Waals surface area contributed by atoms with E-state index < -0.39 is 0 Å². The number of fused-ring (bicyclic) bond motifs is 1. The smallest absolute Gasteiger partial charge is 0.307 e. The van der Waals surface area contributed by atoms with Gasteiger partial charge in [0.25, 0.3) is 0 Å². The lowest BCUT2D eigenvalue weighted by Gasteiger charge is -2.26. The zero-order chi connectivity index (χ0) is 16.9. The van der Waals surface area contributed by atoms with Crippen molar-refractivity contribution < 1.29 is 19.1 Å². The molecule has 6 heteroatoms. The Labute approximate surface area is 142 Å². The van der Waals surface area contributed by atoms with Gasteiger partial charge in [0.2, 0.25) is 5.91 Å². The molecule has 0 bridgehead atoms. The molecule has 130 valence electrons. The van der Waals surface area contributed by atoms with Gasteiger partial charge in [-0.2, -0.15) is 0 Å². The molecule has 2 unspecified atom stereocenters. The van der Waals surface area contributed by atoms with Crippen LogP contribution < -0.4 is 10.2 Å². The minimum atomic E-state index is -0.252.